The van der Waals surface area contributed by atoms with Crippen molar-refractivity contribution in [1.82, 2.24) is 4.90 Å². The van der Waals surface area contributed by atoms with Crippen molar-refractivity contribution in [3.8, 4) is 0 Å². The lowest BCUT2D eigenvalue weighted by atomic mass is 9.87. The highest BCUT2D eigenvalue weighted by atomic mass is 32.1. The third-order valence-electron chi connectivity index (χ3n) is 5.14. The summed E-state index contributed by atoms with van der Waals surface area (Å²) in [5.74, 6) is -0.811. The predicted molar refractivity (Wildman–Crippen MR) is 97.9 cm³/mol. The van der Waals surface area contributed by atoms with Gasteiger partial charge in [-0.05, 0) is 61.1 Å². The van der Waals surface area contributed by atoms with Crippen LogP contribution in [0.5, 0.6) is 0 Å². The highest BCUT2D eigenvalue weighted by Gasteiger charge is 2.26. The smallest absolute Gasteiger partial charge is 0.345 e. The molecule has 4 rings (SSSR count). The summed E-state index contributed by atoms with van der Waals surface area (Å²) in [5, 5.41) is 9.42. The minimum atomic E-state index is -0.811. The number of nitrogens with zero attached hydrogens (tertiary/aromatic N) is 1. The maximum Gasteiger partial charge on any atom is 0.345 e. The first kappa shape index (κ1) is 15.6. The van der Waals surface area contributed by atoms with Crippen molar-refractivity contribution in [3.63, 3.8) is 0 Å². The van der Waals surface area contributed by atoms with Crippen LogP contribution in [0.15, 0.2) is 35.9 Å². The molecule has 0 bridgehead atoms. The molecule has 1 aliphatic carbocycles. The number of likely N-dealkylation sites (tertiary alicyclic amines) is 1. The molecule has 1 saturated heterocycles. The number of aryl methyl sites for hydroxylation is 2. The molecule has 2 aromatic rings. The van der Waals surface area contributed by atoms with Gasteiger partial charge in [0.15, 0.2) is 0 Å². The van der Waals surface area contributed by atoms with Crippen LogP contribution in [0.4, 0.5) is 0 Å². The molecule has 3 nitrogen and oxygen atoms in total. The Bertz CT molecular complexity index is 824. The highest BCUT2D eigenvalue weighted by Crippen LogP contribution is 2.41. The topological polar surface area (TPSA) is 40.5 Å². The summed E-state index contributed by atoms with van der Waals surface area (Å²) >= 11 is 1.45. The van der Waals surface area contributed by atoms with Gasteiger partial charge in [-0.3, -0.25) is 0 Å². The number of rotatable bonds is 1. The molecule has 1 aliphatic heterocycles. The van der Waals surface area contributed by atoms with Crippen LogP contribution in [0.2, 0.25) is 0 Å². The Kier molecular flexibility index (Phi) is 4.02. The summed E-state index contributed by atoms with van der Waals surface area (Å²) in [6.45, 7) is 2.15. The van der Waals surface area contributed by atoms with E-state index in [1.165, 1.54) is 44.1 Å². The lowest BCUT2D eigenvalue weighted by Gasteiger charge is -2.27. The van der Waals surface area contributed by atoms with Crippen LogP contribution in [0, 0.1) is 0 Å². The van der Waals surface area contributed by atoms with Crippen molar-refractivity contribution >= 4 is 22.9 Å². The SMILES string of the molecule is CN1CCC(=C2c3ccccc3CCc3sc(C(=O)O)cc32)CC1. The average Bonchev–Trinajstić information content (AvgIpc) is 2.94. The van der Waals surface area contributed by atoms with Gasteiger partial charge in [-0.2, -0.15) is 0 Å². The lowest BCUT2D eigenvalue weighted by molar-refractivity contribution is 0.0702. The van der Waals surface area contributed by atoms with Gasteiger partial charge in [-0.1, -0.05) is 29.8 Å². The Morgan fingerprint density at radius 1 is 1.08 bits per heavy atom. The van der Waals surface area contributed by atoms with E-state index in [9.17, 15) is 9.90 Å². The van der Waals surface area contributed by atoms with Crippen molar-refractivity contribution in [1.29, 1.82) is 0 Å². The molecule has 1 fully saturated rings. The van der Waals surface area contributed by atoms with Crippen LogP contribution in [0.25, 0.3) is 5.57 Å². The number of piperidine rings is 1. The van der Waals surface area contributed by atoms with Gasteiger partial charge < -0.3 is 10.0 Å². The summed E-state index contributed by atoms with van der Waals surface area (Å²) < 4.78 is 0. The Labute approximate surface area is 146 Å². The second-order valence-corrected chi connectivity index (χ2v) is 7.83. The fraction of sp³-hybridized carbons (Fsp3) is 0.350. The van der Waals surface area contributed by atoms with Gasteiger partial charge in [0.25, 0.3) is 0 Å². The van der Waals surface area contributed by atoms with E-state index in [1.807, 2.05) is 6.07 Å². The summed E-state index contributed by atoms with van der Waals surface area (Å²) in [7, 11) is 2.17. The first-order valence-corrected chi connectivity index (χ1v) is 9.30. The number of hydrogen-bond acceptors (Lipinski definition) is 3. The fourth-order valence-corrected chi connectivity index (χ4v) is 4.83. The predicted octanol–water partition coefficient (Wildman–Crippen LogP) is 4.07. The van der Waals surface area contributed by atoms with Crippen molar-refractivity contribution < 1.29 is 9.90 Å². The van der Waals surface area contributed by atoms with Gasteiger partial charge in [0.1, 0.15) is 4.88 Å². The molecule has 1 aromatic carbocycles. The van der Waals surface area contributed by atoms with Gasteiger partial charge in [0.05, 0.1) is 0 Å². The lowest BCUT2D eigenvalue weighted by Crippen LogP contribution is -2.27. The van der Waals surface area contributed by atoms with Gasteiger partial charge in [-0.25, -0.2) is 4.79 Å². The van der Waals surface area contributed by atoms with Crippen molar-refractivity contribution in [2.24, 2.45) is 0 Å². The Morgan fingerprint density at radius 3 is 2.58 bits per heavy atom. The molecule has 1 N–H and O–H groups in total. The van der Waals surface area contributed by atoms with E-state index >= 15 is 0 Å². The number of fused-ring (bicyclic) bond motifs is 2. The van der Waals surface area contributed by atoms with Crippen molar-refractivity contribution in [2.75, 3.05) is 20.1 Å². The summed E-state index contributed by atoms with van der Waals surface area (Å²) in [6, 6.07) is 10.6. The van der Waals surface area contributed by atoms with E-state index in [2.05, 4.69) is 36.2 Å². The Hall–Kier alpha value is -1.91. The zero-order chi connectivity index (χ0) is 16.7. The Morgan fingerprint density at radius 2 is 1.83 bits per heavy atom. The van der Waals surface area contributed by atoms with E-state index in [1.54, 1.807) is 0 Å². The summed E-state index contributed by atoms with van der Waals surface area (Å²) in [4.78, 5) is 15.5. The molecule has 0 unspecified atom stereocenters. The Balaban J connectivity index is 1.92. The maximum atomic E-state index is 11.5. The zero-order valence-electron chi connectivity index (χ0n) is 13.8. The van der Waals surface area contributed by atoms with Crippen LogP contribution < -0.4 is 0 Å². The molecule has 2 aliphatic rings. The first-order chi connectivity index (χ1) is 11.6. The third-order valence-corrected chi connectivity index (χ3v) is 6.32. The van der Waals surface area contributed by atoms with E-state index in [0.717, 1.165) is 38.8 Å². The fourth-order valence-electron chi connectivity index (χ4n) is 3.83. The molecule has 0 atom stereocenters. The maximum absolute atomic E-state index is 11.5. The molecule has 0 amide bonds. The normalized spacial score (nSPS) is 18.0. The molecule has 0 radical (unpaired) electrons. The van der Waals surface area contributed by atoms with E-state index < -0.39 is 5.97 Å². The molecule has 4 heteroatoms. The number of aromatic carboxylic acids is 1. The van der Waals surface area contributed by atoms with Gasteiger partial charge in [-0.15, -0.1) is 11.3 Å². The van der Waals surface area contributed by atoms with Gasteiger partial charge in [0, 0.05) is 18.0 Å². The number of carbonyl (C=O) groups is 1. The largest absolute Gasteiger partial charge is 0.477 e. The van der Waals surface area contributed by atoms with Crippen molar-refractivity contribution in [2.45, 2.75) is 25.7 Å². The molecule has 0 saturated carbocycles. The molecular formula is C20H21NO2S. The third kappa shape index (κ3) is 2.70. The quantitative estimate of drug-likeness (QED) is 0.851. The molecule has 24 heavy (non-hydrogen) atoms. The number of carboxylic acid groups (broad SMARTS) is 1. The highest BCUT2D eigenvalue weighted by molar-refractivity contribution is 7.14. The van der Waals surface area contributed by atoms with Gasteiger partial charge >= 0.3 is 5.97 Å². The monoisotopic (exact) mass is 339 g/mol. The molecule has 0 spiro atoms. The average molecular weight is 339 g/mol. The standard InChI is InChI=1S/C20H21NO2S/c1-21-10-8-14(9-11-21)19-15-5-3-2-4-13(15)6-7-17-16(19)12-18(24-17)20(22)23/h2-5,12H,6-11H2,1H3,(H,22,23). The van der Waals surface area contributed by atoms with E-state index in [4.69, 9.17) is 0 Å². The zero-order valence-corrected chi connectivity index (χ0v) is 14.7. The molecule has 2 heterocycles. The number of hydrogen-bond donors (Lipinski definition) is 1. The summed E-state index contributed by atoms with van der Waals surface area (Å²) in [5.41, 5.74) is 6.67. The number of thiophene rings is 1. The minimum absolute atomic E-state index is 0.463. The van der Waals surface area contributed by atoms with Crippen molar-refractivity contribution in [3.05, 3.63) is 62.3 Å². The molecular weight excluding hydrogens is 318 g/mol. The first-order valence-electron chi connectivity index (χ1n) is 8.48. The van der Waals surface area contributed by atoms with Crippen LogP contribution >= 0.6 is 11.3 Å². The van der Waals surface area contributed by atoms with Crippen LogP contribution in [0.1, 0.15) is 44.1 Å². The van der Waals surface area contributed by atoms with Crippen LogP contribution in [-0.4, -0.2) is 36.1 Å². The second kappa shape index (κ2) is 6.19. The van der Waals surface area contributed by atoms with Gasteiger partial charge in [0.2, 0.25) is 0 Å². The number of benzene rings is 1. The van der Waals surface area contributed by atoms with Crippen LogP contribution in [-0.2, 0) is 12.8 Å². The van der Waals surface area contributed by atoms with Crippen LogP contribution in [0.3, 0.4) is 0 Å². The van der Waals surface area contributed by atoms with E-state index in [-0.39, 0.29) is 0 Å². The minimum Gasteiger partial charge on any atom is -0.477 e. The molecule has 1 aromatic heterocycles. The number of carboxylic acids is 1. The second-order valence-electron chi connectivity index (χ2n) is 6.69. The van der Waals surface area contributed by atoms with E-state index in [0.29, 0.717) is 4.88 Å². The molecule has 124 valence electrons. The summed E-state index contributed by atoms with van der Waals surface area (Å²) in [6.07, 6.45) is 4.05.